The van der Waals surface area contributed by atoms with Crippen molar-refractivity contribution in [2.45, 2.75) is 31.8 Å². The highest BCUT2D eigenvalue weighted by molar-refractivity contribution is 9.10. The van der Waals surface area contributed by atoms with E-state index in [4.69, 9.17) is 0 Å². The maximum atomic E-state index is 13.7. The fraction of sp³-hybridized carbons (Fsp3) is 0.200. The Morgan fingerprint density at radius 3 is 2.31 bits per heavy atom. The Morgan fingerprint density at radius 1 is 0.857 bits per heavy atom. The summed E-state index contributed by atoms with van der Waals surface area (Å²) in [6.45, 7) is 0.360. The van der Waals surface area contributed by atoms with E-state index in [0.29, 0.717) is 25.8 Å². The van der Waals surface area contributed by atoms with Crippen LogP contribution in [0.25, 0.3) is 10.8 Å². The van der Waals surface area contributed by atoms with Gasteiger partial charge in [0.2, 0.25) is 11.8 Å². The fourth-order valence-electron chi connectivity index (χ4n) is 4.45. The number of fused-ring (bicyclic) bond motifs is 1. The molecule has 4 nitrogen and oxygen atoms in total. The second-order valence-electron chi connectivity index (χ2n) is 8.61. The quantitative estimate of drug-likeness (QED) is 0.293. The third-order valence-corrected chi connectivity index (χ3v) is 6.74. The molecule has 1 N–H and O–H groups in total. The summed E-state index contributed by atoms with van der Waals surface area (Å²) in [5.74, 6) is -0.204. The van der Waals surface area contributed by atoms with Gasteiger partial charge in [0.15, 0.2) is 0 Å². The molecule has 35 heavy (non-hydrogen) atoms. The first kappa shape index (κ1) is 24.7. The molecule has 0 unspecified atom stereocenters. The topological polar surface area (TPSA) is 49.4 Å². The molecule has 0 bridgehead atoms. The molecule has 0 fully saturated rings. The minimum Gasteiger partial charge on any atom is -0.357 e. The van der Waals surface area contributed by atoms with Gasteiger partial charge in [0.25, 0.3) is 0 Å². The standard InChI is InChI=1S/C30H29BrN2O2/c1-32-30(35)28(20-22-9-3-2-4-10-22)33(21-23-11-7-15-26(31)19-23)29(34)18-17-25-14-8-13-24-12-5-6-16-27(24)25/h2-16,19,28H,17-18,20-21H2,1H3,(H,32,35)/t28-/m1/s1. The van der Waals surface area contributed by atoms with Crippen molar-refractivity contribution in [3.05, 3.63) is 118 Å². The van der Waals surface area contributed by atoms with Gasteiger partial charge in [-0.1, -0.05) is 101 Å². The van der Waals surface area contributed by atoms with Crippen LogP contribution in [-0.4, -0.2) is 29.8 Å². The van der Waals surface area contributed by atoms with Crippen molar-refractivity contribution in [3.63, 3.8) is 0 Å². The molecule has 4 aromatic carbocycles. The lowest BCUT2D eigenvalue weighted by atomic mass is 9.99. The molecule has 0 aliphatic heterocycles. The van der Waals surface area contributed by atoms with Gasteiger partial charge in [-0.25, -0.2) is 0 Å². The molecule has 4 aromatic rings. The van der Waals surface area contributed by atoms with Gasteiger partial charge in [0.1, 0.15) is 6.04 Å². The van der Waals surface area contributed by atoms with Crippen LogP contribution in [0.3, 0.4) is 0 Å². The van der Waals surface area contributed by atoms with E-state index < -0.39 is 6.04 Å². The van der Waals surface area contributed by atoms with E-state index in [9.17, 15) is 9.59 Å². The van der Waals surface area contributed by atoms with Crippen molar-refractivity contribution in [1.82, 2.24) is 10.2 Å². The van der Waals surface area contributed by atoms with Crippen LogP contribution < -0.4 is 5.32 Å². The fourth-order valence-corrected chi connectivity index (χ4v) is 4.89. The SMILES string of the molecule is CNC(=O)[C@@H](Cc1ccccc1)N(Cc1cccc(Br)c1)C(=O)CCc1cccc2ccccc12. The molecule has 5 heteroatoms. The van der Waals surface area contributed by atoms with Crippen LogP contribution in [0.1, 0.15) is 23.1 Å². The number of hydrogen-bond acceptors (Lipinski definition) is 2. The van der Waals surface area contributed by atoms with Crippen LogP contribution in [0.5, 0.6) is 0 Å². The molecule has 0 aliphatic carbocycles. The maximum absolute atomic E-state index is 13.7. The Morgan fingerprint density at radius 2 is 1.54 bits per heavy atom. The van der Waals surface area contributed by atoms with E-state index >= 15 is 0 Å². The highest BCUT2D eigenvalue weighted by Gasteiger charge is 2.29. The average Bonchev–Trinajstić information content (AvgIpc) is 2.89. The number of amides is 2. The molecular formula is C30H29BrN2O2. The highest BCUT2D eigenvalue weighted by Crippen LogP contribution is 2.22. The lowest BCUT2D eigenvalue weighted by Gasteiger charge is -2.31. The van der Waals surface area contributed by atoms with Gasteiger partial charge in [0.05, 0.1) is 0 Å². The number of rotatable bonds is 9. The first-order chi connectivity index (χ1) is 17.0. The Bertz CT molecular complexity index is 1300. The first-order valence-electron chi connectivity index (χ1n) is 11.8. The van der Waals surface area contributed by atoms with Crippen LogP contribution in [0.4, 0.5) is 0 Å². The zero-order valence-electron chi connectivity index (χ0n) is 19.8. The van der Waals surface area contributed by atoms with Gasteiger partial charge in [-0.2, -0.15) is 0 Å². The number of likely N-dealkylation sites (N-methyl/N-ethyl adjacent to an activating group) is 1. The van der Waals surface area contributed by atoms with Gasteiger partial charge in [-0.05, 0) is 46.0 Å². The summed E-state index contributed by atoms with van der Waals surface area (Å²) >= 11 is 3.52. The maximum Gasteiger partial charge on any atom is 0.242 e. The van der Waals surface area contributed by atoms with Crippen LogP contribution in [0.15, 0.2) is 102 Å². The zero-order valence-corrected chi connectivity index (χ0v) is 21.4. The molecule has 1 atom stereocenters. The third kappa shape index (κ3) is 6.37. The van der Waals surface area contributed by atoms with E-state index in [2.05, 4.69) is 45.5 Å². The summed E-state index contributed by atoms with van der Waals surface area (Å²) in [6, 6.07) is 31.5. The van der Waals surface area contributed by atoms with Crippen LogP contribution in [0, 0.1) is 0 Å². The van der Waals surface area contributed by atoms with Gasteiger partial charge in [-0.15, -0.1) is 0 Å². The van der Waals surface area contributed by atoms with Crippen molar-refractivity contribution in [3.8, 4) is 0 Å². The molecule has 0 saturated heterocycles. The Kier molecular flexibility index (Phi) is 8.32. The minimum atomic E-state index is -0.610. The number of carbonyl (C=O) groups is 2. The van der Waals surface area contributed by atoms with Crippen molar-refractivity contribution in [2.75, 3.05) is 7.05 Å². The van der Waals surface area contributed by atoms with Gasteiger partial charge >= 0.3 is 0 Å². The molecule has 0 aliphatic rings. The van der Waals surface area contributed by atoms with Crippen molar-refractivity contribution < 1.29 is 9.59 Å². The van der Waals surface area contributed by atoms with E-state index in [0.717, 1.165) is 31.9 Å². The van der Waals surface area contributed by atoms with E-state index in [1.165, 1.54) is 0 Å². The summed E-state index contributed by atoms with van der Waals surface area (Å²) < 4.78 is 0.942. The number of nitrogens with one attached hydrogen (secondary N) is 1. The second-order valence-corrected chi connectivity index (χ2v) is 9.53. The largest absolute Gasteiger partial charge is 0.357 e. The molecule has 0 saturated carbocycles. The number of halogens is 1. The molecular weight excluding hydrogens is 500 g/mol. The van der Waals surface area contributed by atoms with E-state index in [1.807, 2.05) is 72.8 Å². The van der Waals surface area contributed by atoms with Crippen LogP contribution >= 0.6 is 15.9 Å². The Balaban J connectivity index is 1.62. The first-order valence-corrected chi connectivity index (χ1v) is 12.6. The lowest BCUT2D eigenvalue weighted by molar-refractivity contribution is -0.141. The number of nitrogens with zero attached hydrogens (tertiary/aromatic N) is 1. The van der Waals surface area contributed by atoms with E-state index in [-0.39, 0.29) is 11.8 Å². The minimum absolute atomic E-state index is 0.0394. The summed E-state index contributed by atoms with van der Waals surface area (Å²) in [5, 5.41) is 5.10. The second kappa shape index (κ2) is 11.8. The summed E-state index contributed by atoms with van der Waals surface area (Å²) in [7, 11) is 1.62. The third-order valence-electron chi connectivity index (χ3n) is 6.25. The molecule has 178 valence electrons. The van der Waals surface area contributed by atoms with Crippen LogP contribution in [-0.2, 0) is 29.0 Å². The van der Waals surface area contributed by atoms with Crippen molar-refractivity contribution >= 4 is 38.5 Å². The normalized spacial score (nSPS) is 11.7. The molecule has 2 amide bonds. The predicted octanol–water partition coefficient (Wildman–Crippen LogP) is 5.92. The Labute approximate surface area is 215 Å². The number of benzene rings is 4. The number of aryl methyl sites for hydroxylation is 1. The smallest absolute Gasteiger partial charge is 0.242 e. The van der Waals surface area contributed by atoms with Gasteiger partial charge in [-0.3, -0.25) is 9.59 Å². The predicted molar refractivity (Wildman–Crippen MR) is 145 cm³/mol. The van der Waals surface area contributed by atoms with Crippen molar-refractivity contribution in [2.24, 2.45) is 0 Å². The molecule has 0 radical (unpaired) electrons. The number of hydrogen-bond donors (Lipinski definition) is 1. The summed E-state index contributed by atoms with van der Waals surface area (Å²) in [6.07, 6.45) is 1.39. The summed E-state index contributed by atoms with van der Waals surface area (Å²) in [4.78, 5) is 28.5. The van der Waals surface area contributed by atoms with Crippen LogP contribution in [0.2, 0.25) is 0 Å². The molecule has 0 spiro atoms. The van der Waals surface area contributed by atoms with Gasteiger partial charge in [0, 0.05) is 30.9 Å². The Hall–Kier alpha value is -3.44. The monoisotopic (exact) mass is 528 g/mol. The lowest BCUT2D eigenvalue weighted by Crippen LogP contribution is -2.49. The highest BCUT2D eigenvalue weighted by atomic mass is 79.9. The van der Waals surface area contributed by atoms with Crippen molar-refractivity contribution in [1.29, 1.82) is 0 Å². The molecule has 0 heterocycles. The number of carbonyl (C=O) groups excluding carboxylic acids is 2. The van der Waals surface area contributed by atoms with Gasteiger partial charge < -0.3 is 10.2 Å². The molecule has 0 aromatic heterocycles. The van der Waals surface area contributed by atoms with E-state index in [1.54, 1.807) is 11.9 Å². The summed E-state index contributed by atoms with van der Waals surface area (Å²) in [5.41, 5.74) is 3.13. The average molecular weight is 529 g/mol. The zero-order chi connectivity index (χ0) is 24.6. The molecule has 4 rings (SSSR count).